The minimum Gasteiger partial charge on any atom is -0.478 e. The summed E-state index contributed by atoms with van der Waals surface area (Å²) in [6.45, 7) is -0.878. The van der Waals surface area contributed by atoms with Crippen molar-refractivity contribution in [2.45, 2.75) is 5.92 Å². The van der Waals surface area contributed by atoms with Crippen molar-refractivity contribution in [1.29, 1.82) is 0 Å². The molecule has 0 bridgehead atoms. The number of hydrogen-bond acceptors (Lipinski definition) is 6. The van der Waals surface area contributed by atoms with Crippen LogP contribution in [-0.4, -0.2) is 46.5 Å². The molecule has 3 aromatic rings. The quantitative estimate of drug-likeness (QED) is 0.658. The molecule has 1 aliphatic heterocycles. The molecule has 1 aliphatic rings. The number of para-hydroxylation sites is 1. The Labute approximate surface area is 175 Å². The fourth-order valence-corrected chi connectivity index (χ4v) is 3.20. The highest BCUT2D eigenvalue weighted by Crippen LogP contribution is 2.39. The molecule has 2 N–H and O–H groups in total. The van der Waals surface area contributed by atoms with E-state index in [1.165, 1.54) is 42.4 Å². The third-order valence-electron chi connectivity index (χ3n) is 4.80. The van der Waals surface area contributed by atoms with E-state index in [0.717, 1.165) is 4.90 Å². The molecule has 10 heteroatoms. The van der Waals surface area contributed by atoms with Gasteiger partial charge in [-0.3, -0.25) is 4.79 Å². The fraction of sp³-hybridized carbons (Fsp3) is 0.143. The maximum atomic E-state index is 14.6. The number of carboxylic acids is 1. The van der Waals surface area contributed by atoms with Gasteiger partial charge in [0, 0.05) is 18.4 Å². The van der Waals surface area contributed by atoms with E-state index in [9.17, 15) is 18.4 Å². The summed E-state index contributed by atoms with van der Waals surface area (Å²) in [6.07, 6.45) is 1.30. The second-order valence-electron chi connectivity index (χ2n) is 6.90. The zero-order valence-corrected chi connectivity index (χ0v) is 16.3. The Morgan fingerprint density at radius 3 is 2.45 bits per heavy atom. The van der Waals surface area contributed by atoms with Crippen LogP contribution in [0, 0.1) is 0 Å². The van der Waals surface area contributed by atoms with E-state index in [-0.39, 0.29) is 23.0 Å². The highest BCUT2D eigenvalue weighted by molar-refractivity contribution is 6.02. The van der Waals surface area contributed by atoms with E-state index in [1.807, 2.05) is 0 Å². The summed E-state index contributed by atoms with van der Waals surface area (Å²) >= 11 is 0. The summed E-state index contributed by atoms with van der Waals surface area (Å²) in [4.78, 5) is 34.0. The third-order valence-corrected chi connectivity index (χ3v) is 4.80. The van der Waals surface area contributed by atoms with Gasteiger partial charge in [0.2, 0.25) is 5.95 Å². The fourth-order valence-electron chi connectivity index (χ4n) is 3.20. The number of carbonyl (C=O) groups excluding carboxylic acids is 1. The Morgan fingerprint density at radius 2 is 1.81 bits per heavy atom. The zero-order valence-electron chi connectivity index (χ0n) is 16.3. The number of benzene rings is 2. The highest BCUT2D eigenvalue weighted by Gasteiger charge is 2.47. The van der Waals surface area contributed by atoms with Crippen molar-refractivity contribution < 1.29 is 23.5 Å². The van der Waals surface area contributed by atoms with E-state index < -0.39 is 24.3 Å². The van der Waals surface area contributed by atoms with Crippen LogP contribution < -0.4 is 15.1 Å². The number of carbonyl (C=O) groups is 2. The lowest BCUT2D eigenvalue weighted by atomic mass is 10.2. The van der Waals surface area contributed by atoms with Crippen LogP contribution >= 0.6 is 0 Å². The molecular weight excluding hydrogens is 408 g/mol. The standard InChI is InChI=1S/C21H17F2N5O3/c1-27-16-11-24-20(25-14-9-7-13(8-10-14)18(29)30)26-17(16)28(12-21(22,23)19(27)31)15-5-3-2-4-6-15/h2-11H,12H2,1H3,(H,29,30)(H,24,25,26). The predicted molar refractivity (Wildman–Crippen MR) is 111 cm³/mol. The van der Waals surface area contributed by atoms with Gasteiger partial charge in [-0.1, -0.05) is 18.2 Å². The summed E-state index contributed by atoms with van der Waals surface area (Å²) in [6, 6.07) is 14.4. The Hall–Kier alpha value is -4.08. The SMILES string of the molecule is CN1C(=O)C(F)(F)CN(c2ccccc2)c2nc(Nc3ccc(C(=O)O)cc3)ncc21. The molecule has 158 valence electrons. The number of amides is 1. The van der Waals surface area contributed by atoms with Crippen LogP contribution in [0.15, 0.2) is 60.8 Å². The van der Waals surface area contributed by atoms with Crippen molar-refractivity contribution in [3.8, 4) is 0 Å². The summed E-state index contributed by atoms with van der Waals surface area (Å²) in [7, 11) is 1.25. The molecule has 1 amide bonds. The predicted octanol–water partition coefficient (Wildman–Crippen LogP) is 3.67. The minimum absolute atomic E-state index is 0.105. The van der Waals surface area contributed by atoms with Gasteiger partial charge < -0.3 is 20.2 Å². The molecule has 0 fully saturated rings. The van der Waals surface area contributed by atoms with Crippen LogP contribution in [0.1, 0.15) is 10.4 Å². The number of rotatable bonds is 4. The molecule has 0 radical (unpaired) electrons. The van der Waals surface area contributed by atoms with Crippen molar-refractivity contribution >= 4 is 40.7 Å². The average Bonchev–Trinajstić information content (AvgIpc) is 2.84. The van der Waals surface area contributed by atoms with Crippen molar-refractivity contribution in [3.05, 3.63) is 66.4 Å². The third kappa shape index (κ3) is 3.87. The molecule has 31 heavy (non-hydrogen) atoms. The van der Waals surface area contributed by atoms with Gasteiger partial charge in [-0.2, -0.15) is 13.8 Å². The Morgan fingerprint density at radius 1 is 1.13 bits per heavy atom. The van der Waals surface area contributed by atoms with E-state index in [0.29, 0.717) is 11.4 Å². The first kappa shape index (κ1) is 20.2. The molecule has 0 aliphatic carbocycles. The Kier molecular flexibility index (Phi) is 4.97. The van der Waals surface area contributed by atoms with Gasteiger partial charge in [0.15, 0.2) is 5.82 Å². The lowest BCUT2D eigenvalue weighted by Gasteiger charge is -2.25. The van der Waals surface area contributed by atoms with E-state index in [2.05, 4.69) is 15.3 Å². The first-order chi connectivity index (χ1) is 14.8. The number of aromatic carboxylic acids is 1. The largest absolute Gasteiger partial charge is 0.478 e. The van der Waals surface area contributed by atoms with Gasteiger partial charge in [0.1, 0.15) is 5.69 Å². The number of fused-ring (bicyclic) bond motifs is 1. The van der Waals surface area contributed by atoms with Crippen LogP contribution in [0.5, 0.6) is 0 Å². The average molecular weight is 425 g/mol. The molecule has 8 nitrogen and oxygen atoms in total. The number of halogens is 2. The highest BCUT2D eigenvalue weighted by atomic mass is 19.3. The smallest absolute Gasteiger partial charge is 0.342 e. The summed E-state index contributed by atoms with van der Waals surface area (Å²) in [5.74, 6) is -5.79. The van der Waals surface area contributed by atoms with E-state index in [1.54, 1.807) is 30.3 Å². The van der Waals surface area contributed by atoms with Gasteiger partial charge in [-0.25, -0.2) is 9.78 Å². The molecule has 0 unspecified atom stereocenters. The maximum absolute atomic E-state index is 14.6. The molecule has 2 heterocycles. The second kappa shape index (κ2) is 7.63. The number of aromatic nitrogens is 2. The second-order valence-corrected chi connectivity index (χ2v) is 6.90. The first-order valence-electron chi connectivity index (χ1n) is 9.22. The number of anilines is 5. The Bertz CT molecular complexity index is 1140. The molecule has 1 aromatic heterocycles. The van der Waals surface area contributed by atoms with Gasteiger partial charge in [0.25, 0.3) is 5.91 Å². The van der Waals surface area contributed by atoms with Crippen LogP contribution in [0.3, 0.4) is 0 Å². The summed E-state index contributed by atoms with van der Waals surface area (Å²) < 4.78 is 29.2. The number of nitrogens with zero attached hydrogens (tertiary/aromatic N) is 4. The van der Waals surface area contributed by atoms with Crippen LogP contribution in [0.25, 0.3) is 0 Å². The van der Waals surface area contributed by atoms with Crippen molar-refractivity contribution in [3.63, 3.8) is 0 Å². The normalized spacial score (nSPS) is 15.3. The van der Waals surface area contributed by atoms with Crippen LogP contribution in [-0.2, 0) is 4.79 Å². The molecule has 4 rings (SSSR count). The lowest BCUT2D eigenvalue weighted by Crippen LogP contribution is -2.45. The van der Waals surface area contributed by atoms with E-state index >= 15 is 0 Å². The first-order valence-corrected chi connectivity index (χ1v) is 9.22. The van der Waals surface area contributed by atoms with Crippen molar-refractivity contribution in [2.75, 3.05) is 28.7 Å². The van der Waals surface area contributed by atoms with Crippen molar-refractivity contribution in [1.82, 2.24) is 9.97 Å². The number of nitrogens with one attached hydrogen (secondary N) is 1. The molecule has 0 atom stereocenters. The monoisotopic (exact) mass is 425 g/mol. The van der Waals surface area contributed by atoms with Gasteiger partial charge in [0.05, 0.1) is 18.3 Å². The summed E-state index contributed by atoms with van der Waals surface area (Å²) in [5, 5.41) is 11.9. The lowest BCUT2D eigenvalue weighted by molar-refractivity contribution is -0.140. The number of carboxylic acid groups (broad SMARTS) is 1. The van der Waals surface area contributed by atoms with Gasteiger partial charge in [-0.15, -0.1) is 0 Å². The summed E-state index contributed by atoms with van der Waals surface area (Å²) in [5.41, 5.74) is 1.21. The molecule has 0 spiro atoms. The molecule has 0 saturated carbocycles. The van der Waals surface area contributed by atoms with Crippen molar-refractivity contribution in [2.24, 2.45) is 0 Å². The minimum atomic E-state index is -3.63. The number of hydrogen-bond donors (Lipinski definition) is 2. The van der Waals surface area contributed by atoms with Crippen LogP contribution in [0.4, 0.5) is 37.6 Å². The Balaban J connectivity index is 1.76. The van der Waals surface area contributed by atoms with E-state index in [4.69, 9.17) is 5.11 Å². The zero-order chi connectivity index (χ0) is 22.2. The van der Waals surface area contributed by atoms with Gasteiger partial charge >= 0.3 is 11.9 Å². The topological polar surface area (TPSA) is 98.7 Å². The van der Waals surface area contributed by atoms with Gasteiger partial charge in [-0.05, 0) is 36.4 Å². The molecule has 2 aromatic carbocycles. The molecule has 0 saturated heterocycles. The van der Waals surface area contributed by atoms with Crippen LogP contribution in [0.2, 0.25) is 0 Å². The molecular formula is C21H17F2N5O3. The maximum Gasteiger partial charge on any atom is 0.342 e. The number of alkyl halides is 2.